The van der Waals surface area contributed by atoms with E-state index in [0.29, 0.717) is 6.04 Å². The molecule has 1 atom stereocenters. The molecule has 0 aliphatic heterocycles. The maximum absolute atomic E-state index is 5.47. The van der Waals surface area contributed by atoms with E-state index in [2.05, 4.69) is 19.2 Å². The molecule has 12 heavy (non-hydrogen) atoms. The molecule has 0 radical (unpaired) electrons. The summed E-state index contributed by atoms with van der Waals surface area (Å²) >= 11 is 0. The quantitative estimate of drug-likeness (QED) is 0.587. The first-order valence-corrected chi connectivity index (χ1v) is 5.28. The van der Waals surface area contributed by atoms with Crippen LogP contribution in [0.15, 0.2) is 0 Å². The molecular formula is C10H24N2. The Hall–Kier alpha value is -0.0800. The molecular weight excluding hydrogens is 148 g/mol. The second-order valence-electron chi connectivity index (χ2n) is 3.33. The lowest BCUT2D eigenvalue weighted by atomic mass is 10.0. The fourth-order valence-electron chi connectivity index (χ4n) is 1.45. The van der Waals surface area contributed by atoms with Crippen LogP contribution in [0.2, 0.25) is 0 Å². The third-order valence-corrected chi connectivity index (χ3v) is 2.16. The van der Waals surface area contributed by atoms with E-state index in [1.54, 1.807) is 0 Å². The highest BCUT2D eigenvalue weighted by Gasteiger charge is 2.04. The lowest BCUT2D eigenvalue weighted by Gasteiger charge is -2.16. The summed E-state index contributed by atoms with van der Waals surface area (Å²) in [5, 5.41) is 3.50. The van der Waals surface area contributed by atoms with Gasteiger partial charge in [0.05, 0.1) is 0 Å². The van der Waals surface area contributed by atoms with E-state index in [1.165, 1.54) is 25.7 Å². The maximum atomic E-state index is 5.47. The molecule has 0 saturated carbocycles. The van der Waals surface area contributed by atoms with Crippen LogP contribution in [-0.2, 0) is 0 Å². The van der Waals surface area contributed by atoms with E-state index in [0.717, 1.165) is 19.5 Å². The highest BCUT2D eigenvalue weighted by molar-refractivity contribution is 4.65. The Kier molecular flexibility index (Phi) is 8.95. The molecule has 74 valence electrons. The predicted molar refractivity (Wildman–Crippen MR) is 55.3 cm³/mol. The van der Waals surface area contributed by atoms with E-state index in [4.69, 9.17) is 5.73 Å². The molecule has 0 amide bonds. The fourth-order valence-corrected chi connectivity index (χ4v) is 1.45. The van der Waals surface area contributed by atoms with Crippen molar-refractivity contribution in [1.82, 2.24) is 5.32 Å². The number of nitrogens with two attached hydrogens (primary N) is 1. The van der Waals surface area contributed by atoms with Gasteiger partial charge in [0.1, 0.15) is 0 Å². The van der Waals surface area contributed by atoms with Crippen LogP contribution in [0.5, 0.6) is 0 Å². The minimum Gasteiger partial charge on any atom is -0.330 e. The van der Waals surface area contributed by atoms with Gasteiger partial charge in [0.2, 0.25) is 0 Å². The molecule has 0 saturated heterocycles. The average Bonchev–Trinajstić information content (AvgIpc) is 2.10. The number of rotatable bonds is 8. The minimum absolute atomic E-state index is 0.707. The molecule has 3 N–H and O–H groups in total. The summed E-state index contributed by atoms with van der Waals surface area (Å²) in [5.41, 5.74) is 5.47. The SMILES string of the molecule is CCCCC(CCCN)NCC. The topological polar surface area (TPSA) is 38.0 Å². The van der Waals surface area contributed by atoms with Gasteiger partial charge in [0.25, 0.3) is 0 Å². The van der Waals surface area contributed by atoms with Crippen LogP contribution in [-0.4, -0.2) is 19.1 Å². The van der Waals surface area contributed by atoms with Gasteiger partial charge in [0, 0.05) is 6.04 Å². The van der Waals surface area contributed by atoms with Crippen LogP contribution in [0.1, 0.15) is 46.0 Å². The molecule has 0 rings (SSSR count). The largest absolute Gasteiger partial charge is 0.330 e. The van der Waals surface area contributed by atoms with E-state index in [1.807, 2.05) is 0 Å². The summed E-state index contributed by atoms with van der Waals surface area (Å²) in [6.45, 7) is 6.32. The fraction of sp³-hybridized carbons (Fsp3) is 1.00. The van der Waals surface area contributed by atoms with E-state index in [9.17, 15) is 0 Å². The average molecular weight is 172 g/mol. The van der Waals surface area contributed by atoms with Crippen LogP contribution >= 0.6 is 0 Å². The zero-order valence-electron chi connectivity index (χ0n) is 8.60. The summed E-state index contributed by atoms with van der Waals surface area (Å²) < 4.78 is 0. The Labute approximate surface area is 76.9 Å². The van der Waals surface area contributed by atoms with Crippen molar-refractivity contribution in [2.75, 3.05) is 13.1 Å². The molecule has 2 nitrogen and oxygen atoms in total. The van der Waals surface area contributed by atoms with Crippen molar-refractivity contribution in [1.29, 1.82) is 0 Å². The molecule has 0 aromatic carbocycles. The molecule has 1 unspecified atom stereocenters. The first kappa shape index (κ1) is 11.9. The van der Waals surface area contributed by atoms with Gasteiger partial charge in [-0.1, -0.05) is 26.7 Å². The highest BCUT2D eigenvalue weighted by Crippen LogP contribution is 2.05. The van der Waals surface area contributed by atoms with Gasteiger partial charge in [-0.3, -0.25) is 0 Å². The third kappa shape index (κ3) is 6.62. The Balaban J connectivity index is 3.40. The van der Waals surface area contributed by atoms with Crippen molar-refractivity contribution < 1.29 is 0 Å². The molecule has 0 aliphatic carbocycles. The molecule has 0 spiro atoms. The van der Waals surface area contributed by atoms with Gasteiger partial charge >= 0.3 is 0 Å². The molecule has 0 heterocycles. The number of unbranched alkanes of at least 4 members (excludes halogenated alkanes) is 1. The Morgan fingerprint density at radius 1 is 1.17 bits per heavy atom. The van der Waals surface area contributed by atoms with Crippen LogP contribution in [0.25, 0.3) is 0 Å². The van der Waals surface area contributed by atoms with Gasteiger partial charge in [-0.25, -0.2) is 0 Å². The van der Waals surface area contributed by atoms with Crippen molar-refractivity contribution >= 4 is 0 Å². The van der Waals surface area contributed by atoms with Gasteiger partial charge in [-0.2, -0.15) is 0 Å². The van der Waals surface area contributed by atoms with Crippen molar-refractivity contribution in [2.45, 2.75) is 52.0 Å². The number of nitrogens with one attached hydrogen (secondary N) is 1. The maximum Gasteiger partial charge on any atom is 0.00674 e. The second-order valence-corrected chi connectivity index (χ2v) is 3.33. The van der Waals surface area contributed by atoms with Crippen molar-refractivity contribution in [3.8, 4) is 0 Å². The number of hydrogen-bond acceptors (Lipinski definition) is 2. The zero-order chi connectivity index (χ0) is 9.23. The van der Waals surface area contributed by atoms with Crippen molar-refractivity contribution in [3.05, 3.63) is 0 Å². The summed E-state index contributed by atoms with van der Waals surface area (Å²) in [5.74, 6) is 0. The lowest BCUT2D eigenvalue weighted by molar-refractivity contribution is 0.440. The summed E-state index contributed by atoms with van der Waals surface area (Å²) in [7, 11) is 0. The normalized spacial score (nSPS) is 13.2. The van der Waals surface area contributed by atoms with Gasteiger partial charge in [0.15, 0.2) is 0 Å². The van der Waals surface area contributed by atoms with Gasteiger partial charge < -0.3 is 11.1 Å². The number of hydrogen-bond donors (Lipinski definition) is 2. The van der Waals surface area contributed by atoms with Crippen LogP contribution in [0.3, 0.4) is 0 Å². The predicted octanol–water partition coefficient (Wildman–Crippen LogP) is 1.89. The molecule has 0 aliphatic rings. The van der Waals surface area contributed by atoms with E-state index >= 15 is 0 Å². The molecule has 0 aromatic heterocycles. The highest BCUT2D eigenvalue weighted by atomic mass is 14.9. The van der Waals surface area contributed by atoms with Crippen molar-refractivity contribution in [3.63, 3.8) is 0 Å². The van der Waals surface area contributed by atoms with Crippen LogP contribution in [0.4, 0.5) is 0 Å². The Bertz CT molecular complexity index is 75.9. The zero-order valence-corrected chi connectivity index (χ0v) is 8.60. The molecule has 0 fully saturated rings. The van der Waals surface area contributed by atoms with Gasteiger partial charge in [-0.15, -0.1) is 0 Å². The van der Waals surface area contributed by atoms with Crippen molar-refractivity contribution in [2.24, 2.45) is 5.73 Å². The van der Waals surface area contributed by atoms with E-state index < -0.39 is 0 Å². The minimum atomic E-state index is 0.707. The summed E-state index contributed by atoms with van der Waals surface area (Å²) in [6, 6.07) is 0.707. The molecule has 0 aromatic rings. The smallest absolute Gasteiger partial charge is 0.00674 e. The third-order valence-electron chi connectivity index (χ3n) is 2.16. The second kappa shape index (κ2) is 9.01. The van der Waals surface area contributed by atoms with E-state index in [-0.39, 0.29) is 0 Å². The summed E-state index contributed by atoms with van der Waals surface area (Å²) in [4.78, 5) is 0. The standard InChI is InChI=1S/C10H24N2/c1-3-5-7-10(12-4-2)8-6-9-11/h10,12H,3-9,11H2,1-2H3. The Morgan fingerprint density at radius 3 is 2.33 bits per heavy atom. The van der Waals surface area contributed by atoms with Crippen LogP contribution in [0, 0.1) is 0 Å². The van der Waals surface area contributed by atoms with Gasteiger partial charge in [-0.05, 0) is 32.4 Å². The first-order valence-electron chi connectivity index (χ1n) is 5.28. The summed E-state index contributed by atoms with van der Waals surface area (Å²) in [6.07, 6.45) is 6.34. The lowest BCUT2D eigenvalue weighted by Crippen LogP contribution is -2.29. The molecule has 0 bridgehead atoms. The molecule has 2 heteroatoms. The monoisotopic (exact) mass is 172 g/mol. The Morgan fingerprint density at radius 2 is 1.83 bits per heavy atom. The first-order chi connectivity index (χ1) is 5.85. The van der Waals surface area contributed by atoms with Crippen LogP contribution < -0.4 is 11.1 Å².